The van der Waals surface area contributed by atoms with Gasteiger partial charge < -0.3 is 20.1 Å². The molecule has 1 heterocycles. The number of anilines is 1. The summed E-state index contributed by atoms with van der Waals surface area (Å²) >= 11 is 8.39. The van der Waals surface area contributed by atoms with Crippen LogP contribution in [-0.4, -0.2) is 49.1 Å². The summed E-state index contributed by atoms with van der Waals surface area (Å²) in [6.45, 7) is 4.60. The topological polar surface area (TPSA) is 97.0 Å². The van der Waals surface area contributed by atoms with Crippen LogP contribution < -0.4 is 15.4 Å². The second-order valence-corrected chi connectivity index (χ2v) is 9.60. The number of carbonyl (C=O) groups is 3. The molecule has 182 valence electrons. The third-order valence-electron chi connectivity index (χ3n) is 5.66. The standard InChI is InChI=1S/C24H27ClIN3O5/c1-4-14(2)21(22(30)27-19-10-7-16(26)13-18(19)25)29-23(31)20(28-24(29)32)15-5-8-17(9-6-15)34-12-11-33-3/h5-10,13-14,20-21H,4,11-12H2,1-3H3,(H,27,30)(H,28,32)/t14-,20+,21-/m0/s1. The van der Waals surface area contributed by atoms with Gasteiger partial charge in [0.2, 0.25) is 5.91 Å². The normalized spacial score (nSPS) is 17.3. The number of ether oxygens (including phenoxy) is 2. The zero-order valence-electron chi connectivity index (χ0n) is 19.1. The van der Waals surface area contributed by atoms with Gasteiger partial charge >= 0.3 is 6.03 Å². The van der Waals surface area contributed by atoms with E-state index in [2.05, 4.69) is 33.2 Å². The molecule has 0 unspecified atom stereocenters. The summed E-state index contributed by atoms with van der Waals surface area (Å²) in [6, 6.07) is 9.64. The number of benzene rings is 2. The Morgan fingerprint density at radius 1 is 1.21 bits per heavy atom. The summed E-state index contributed by atoms with van der Waals surface area (Å²) in [4.78, 5) is 40.5. The smallest absolute Gasteiger partial charge is 0.325 e. The summed E-state index contributed by atoms with van der Waals surface area (Å²) in [7, 11) is 1.59. The first-order chi connectivity index (χ1) is 16.3. The van der Waals surface area contributed by atoms with E-state index in [1.165, 1.54) is 0 Å². The highest BCUT2D eigenvalue weighted by Crippen LogP contribution is 2.30. The number of amides is 4. The molecule has 1 saturated heterocycles. The second-order valence-electron chi connectivity index (χ2n) is 7.94. The Kier molecular flexibility index (Phi) is 9.15. The Balaban J connectivity index is 1.80. The molecule has 3 atom stereocenters. The maximum atomic E-state index is 13.3. The second kappa shape index (κ2) is 11.9. The molecule has 0 bridgehead atoms. The van der Waals surface area contributed by atoms with Gasteiger partial charge in [-0.2, -0.15) is 0 Å². The van der Waals surface area contributed by atoms with E-state index >= 15 is 0 Å². The first-order valence-electron chi connectivity index (χ1n) is 10.9. The Bertz CT molecular complexity index is 1050. The van der Waals surface area contributed by atoms with Crippen LogP contribution in [0.1, 0.15) is 31.9 Å². The summed E-state index contributed by atoms with van der Waals surface area (Å²) < 4.78 is 11.4. The first kappa shape index (κ1) is 26.2. The molecule has 0 radical (unpaired) electrons. The van der Waals surface area contributed by atoms with Crippen molar-refractivity contribution < 1.29 is 23.9 Å². The van der Waals surface area contributed by atoms with Crippen LogP contribution in [0.3, 0.4) is 0 Å². The Hall–Kier alpha value is -2.37. The molecule has 1 aliphatic heterocycles. The highest BCUT2D eigenvalue weighted by atomic mass is 127. The van der Waals surface area contributed by atoms with E-state index in [0.29, 0.717) is 41.7 Å². The average molecular weight is 600 g/mol. The largest absolute Gasteiger partial charge is 0.491 e. The minimum absolute atomic E-state index is 0.271. The van der Waals surface area contributed by atoms with Crippen molar-refractivity contribution in [3.63, 3.8) is 0 Å². The summed E-state index contributed by atoms with van der Waals surface area (Å²) in [5, 5.41) is 5.87. The van der Waals surface area contributed by atoms with Crippen LogP contribution in [0.2, 0.25) is 5.02 Å². The highest BCUT2D eigenvalue weighted by molar-refractivity contribution is 14.1. The van der Waals surface area contributed by atoms with Gasteiger partial charge in [0.25, 0.3) is 5.91 Å². The molecule has 0 spiro atoms. The lowest BCUT2D eigenvalue weighted by atomic mass is 9.96. The van der Waals surface area contributed by atoms with Crippen molar-refractivity contribution >= 4 is 57.7 Å². The third-order valence-corrected chi connectivity index (χ3v) is 6.64. The van der Waals surface area contributed by atoms with E-state index in [9.17, 15) is 14.4 Å². The maximum Gasteiger partial charge on any atom is 0.325 e. The van der Waals surface area contributed by atoms with Gasteiger partial charge in [-0.05, 0) is 64.4 Å². The number of urea groups is 1. The molecule has 2 aromatic carbocycles. The fraction of sp³-hybridized carbons (Fsp3) is 0.375. The van der Waals surface area contributed by atoms with Gasteiger partial charge in [0.05, 0.1) is 17.3 Å². The van der Waals surface area contributed by atoms with Crippen LogP contribution in [0.4, 0.5) is 10.5 Å². The molecule has 2 N–H and O–H groups in total. The molecule has 1 aliphatic rings. The lowest BCUT2D eigenvalue weighted by Gasteiger charge is -2.29. The summed E-state index contributed by atoms with van der Waals surface area (Å²) in [6.07, 6.45) is 0.591. The van der Waals surface area contributed by atoms with E-state index in [1.807, 2.05) is 19.9 Å². The van der Waals surface area contributed by atoms with Crippen molar-refractivity contribution in [3.05, 3.63) is 56.6 Å². The van der Waals surface area contributed by atoms with Crippen LogP contribution in [0.25, 0.3) is 0 Å². The van der Waals surface area contributed by atoms with Crippen LogP contribution in [0, 0.1) is 9.49 Å². The molecule has 3 rings (SSSR count). The van der Waals surface area contributed by atoms with Crippen molar-refractivity contribution in [2.75, 3.05) is 25.6 Å². The molecule has 8 nitrogen and oxygen atoms in total. The maximum absolute atomic E-state index is 13.3. The number of hydrogen-bond donors (Lipinski definition) is 2. The predicted molar refractivity (Wildman–Crippen MR) is 138 cm³/mol. The van der Waals surface area contributed by atoms with Crippen molar-refractivity contribution in [3.8, 4) is 5.75 Å². The molecule has 1 fully saturated rings. The summed E-state index contributed by atoms with van der Waals surface area (Å²) in [5.41, 5.74) is 1.02. The monoisotopic (exact) mass is 599 g/mol. The Labute approximate surface area is 217 Å². The fourth-order valence-electron chi connectivity index (χ4n) is 3.63. The van der Waals surface area contributed by atoms with E-state index in [4.69, 9.17) is 21.1 Å². The number of hydrogen-bond acceptors (Lipinski definition) is 5. The van der Waals surface area contributed by atoms with Crippen molar-refractivity contribution in [2.24, 2.45) is 5.92 Å². The van der Waals surface area contributed by atoms with Crippen molar-refractivity contribution in [2.45, 2.75) is 32.4 Å². The quantitative estimate of drug-likeness (QED) is 0.236. The number of carbonyl (C=O) groups excluding carboxylic acids is 3. The van der Waals surface area contributed by atoms with Gasteiger partial charge in [-0.25, -0.2) is 9.69 Å². The zero-order valence-corrected chi connectivity index (χ0v) is 22.1. The predicted octanol–water partition coefficient (Wildman–Crippen LogP) is 4.62. The van der Waals surface area contributed by atoms with Gasteiger partial charge in [-0.15, -0.1) is 0 Å². The molecular weight excluding hydrogens is 573 g/mol. The minimum Gasteiger partial charge on any atom is -0.491 e. The molecule has 10 heteroatoms. The van der Waals surface area contributed by atoms with Crippen LogP contribution in [0.5, 0.6) is 5.75 Å². The lowest BCUT2D eigenvalue weighted by molar-refractivity contribution is -0.135. The molecule has 34 heavy (non-hydrogen) atoms. The number of halogens is 2. The number of rotatable bonds is 10. The van der Waals surface area contributed by atoms with Crippen LogP contribution in [-0.2, 0) is 14.3 Å². The van der Waals surface area contributed by atoms with Gasteiger partial charge in [0, 0.05) is 10.7 Å². The zero-order chi connectivity index (χ0) is 24.8. The lowest BCUT2D eigenvalue weighted by Crippen LogP contribution is -2.51. The first-order valence-corrected chi connectivity index (χ1v) is 12.3. The van der Waals surface area contributed by atoms with Gasteiger partial charge in [-0.3, -0.25) is 9.59 Å². The van der Waals surface area contributed by atoms with E-state index in [1.54, 1.807) is 43.5 Å². The third kappa shape index (κ3) is 6.00. The number of nitrogens with one attached hydrogen (secondary N) is 2. The Morgan fingerprint density at radius 3 is 2.53 bits per heavy atom. The number of imide groups is 1. The van der Waals surface area contributed by atoms with E-state index in [0.717, 1.165) is 8.47 Å². The number of methoxy groups -OCH3 is 1. The van der Waals surface area contributed by atoms with Crippen LogP contribution in [0.15, 0.2) is 42.5 Å². The number of nitrogens with zero attached hydrogens (tertiary/aromatic N) is 1. The minimum atomic E-state index is -0.991. The van der Waals surface area contributed by atoms with Crippen molar-refractivity contribution in [1.82, 2.24) is 10.2 Å². The van der Waals surface area contributed by atoms with Gasteiger partial charge in [0.15, 0.2) is 0 Å². The van der Waals surface area contributed by atoms with Crippen molar-refractivity contribution in [1.29, 1.82) is 0 Å². The molecule has 2 aromatic rings. The Morgan fingerprint density at radius 2 is 1.91 bits per heavy atom. The molecule has 0 aliphatic carbocycles. The fourth-order valence-corrected chi connectivity index (χ4v) is 4.54. The summed E-state index contributed by atoms with van der Waals surface area (Å²) in [5.74, 6) is -0.593. The molecule has 4 amide bonds. The average Bonchev–Trinajstić information content (AvgIpc) is 3.10. The molecular formula is C24H27ClIN3O5. The van der Waals surface area contributed by atoms with Gasteiger partial charge in [-0.1, -0.05) is 44.0 Å². The highest BCUT2D eigenvalue weighted by Gasteiger charge is 2.46. The SMILES string of the molecule is CC[C@H](C)[C@@H](C(=O)Nc1ccc(I)cc1Cl)N1C(=O)N[C@H](c2ccc(OCCOC)cc2)C1=O. The van der Waals surface area contributed by atoms with Gasteiger partial charge in [0.1, 0.15) is 24.4 Å². The van der Waals surface area contributed by atoms with Crippen LogP contribution >= 0.6 is 34.2 Å². The molecule has 0 aromatic heterocycles. The van der Waals surface area contributed by atoms with E-state index in [-0.39, 0.29) is 5.92 Å². The molecule has 0 saturated carbocycles. The van der Waals surface area contributed by atoms with E-state index < -0.39 is 29.9 Å².